The molecule has 2 amide bonds. The quantitative estimate of drug-likeness (QED) is 0.128. The highest BCUT2D eigenvalue weighted by Crippen LogP contribution is 2.52. The molecule has 31 heavy (non-hydrogen) atoms. The molecule has 4 rings (SSSR count). The van der Waals surface area contributed by atoms with E-state index in [2.05, 4.69) is 27.8 Å². The minimum Gasteiger partial charge on any atom is -0.492 e. The van der Waals surface area contributed by atoms with Crippen LogP contribution in [0.4, 0.5) is 0 Å². The van der Waals surface area contributed by atoms with E-state index in [1.165, 1.54) is 4.90 Å². The number of carbonyl (C=O) groups excluding carboxylic acids is 2. The Balaban J connectivity index is 0.00000272. The van der Waals surface area contributed by atoms with E-state index in [-0.39, 0.29) is 59.5 Å². The molecule has 168 valence electrons. The molecular weight excluding hydrogens is 531 g/mol. The van der Waals surface area contributed by atoms with Crippen LogP contribution in [-0.2, 0) is 9.59 Å². The fourth-order valence-electron chi connectivity index (χ4n) is 4.68. The summed E-state index contributed by atoms with van der Waals surface area (Å²) in [7, 11) is 0. The Bertz CT molecular complexity index is 848. The molecule has 1 aromatic carbocycles. The van der Waals surface area contributed by atoms with Crippen LogP contribution in [0.2, 0.25) is 5.02 Å². The van der Waals surface area contributed by atoms with Gasteiger partial charge in [0.05, 0.1) is 24.9 Å². The third-order valence-corrected chi connectivity index (χ3v) is 6.19. The number of hydrogen-bond donors (Lipinski definition) is 2. The third-order valence-electron chi connectivity index (χ3n) is 5.96. The van der Waals surface area contributed by atoms with Crippen LogP contribution >= 0.6 is 35.6 Å². The van der Waals surface area contributed by atoms with Crippen LogP contribution in [0.5, 0.6) is 5.75 Å². The summed E-state index contributed by atoms with van der Waals surface area (Å²) in [6.07, 6.45) is 5.17. The largest absolute Gasteiger partial charge is 0.492 e. The lowest BCUT2D eigenvalue weighted by molar-refractivity contribution is -0.140. The Morgan fingerprint density at radius 1 is 1.19 bits per heavy atom. The van der Waals surface area contributed by atoms with E-state index in [0.717, 1.165) is 6.42 Å². The zero-order valence-electron chi connectivity index (χ0n) is 17.4. The van der Waals surface area contributed by atoms with Crippen molar-refractivity contribution in [1.29, 1.82) is 0 Å². The number of halogens is 2. The van der Waals surface area contributed by atoms with E-state index < -0.39 is 0 Å². The molecule has 9 heteroatoms. The minimum atomic E-state index is -0.147. The minimum absolute atomic E-state index is 0. The van der Waals surface area contributed by atoms with Crippen molar-refractivity contribution in [3.8, 4) is 5.75 Å². The molecule has 1 aliphatic heterocycles. The number of imide groups is 1. The fourth-order valence-corrected chi connectivity index (χ4v) is 4.86. The summed E-state index contributed by atoms with van der Waals surface area (Å²) in [6, 6.07) is 7.26. The molecule has 3 aliphatic rings. The molecule has 4 unspecified atom stereocenters. The molecule has 2 N–H and O–H groups in total. The maximum Gasteiger partial charge on any atom is 0.233 e. The topological polar surface area (TPSA) is 83.0 Å². The smallest absolute Gasteiger partial charge is 0.233 e. The zero-order chi connectivity index (χ0) is 21.1. The number of carbonyl (C=O) groups is 2. The van der Waals surface area contributed by atoms with E-state index in [1.54, 1.807) is 12.1 Å². The molecule has 2 fully saturated rings. The number of nitrogens with one attached hydrogen (secondary N) is 2. The molecule has 1 saturated carbocycles. The van der Waals surface area contributed by atoms with Crippen LogP contribution in [-0.4, -0.2) is 55.5 Å². The highest BCUT2D eigenvalue weighted by Gasteiger charge is 2.58. The number of likely N-dealkylation sites (tertiary alicyclic amines) is 1. The number of nitrogens with zero attached hydrogens (tertiary/aromatic N) is 2. The Labute approximate surface area is 204 Å². The Morgan fingerprint density at radius 2 is 1.90 bits per heavy atom. The maximum atomic E-state index is 12.7. The van der Waals surface area contributed by atoms with Crippen molar-refractivity contribution in [2.75, 3.05) is 32.8 Å². The summed E-state index contributed by atoms with van der Waals surface area (Å²) in [6.45, 7) is 4.38. The zero-order valence-corrected chi connectivity index (χ0v) is 20.5. The third kappa shape index (κ3) is 5.16. The molecule has 2 aliphatic carbocycles. The van der Waals surface area contributed by atoms with Crippen LogP contribution in [0.15, 0.2) is 41.4 Å². The average molecular weight is 559 g/mol. The van der Waals surface area contributed by atoms with Gasteiger partial charge in [-0.05, 0) is 43.4 Å². The van der Waals surface area contributed by atoms with E-state index in [0.29, 0.717) is 49.5 Å². The molecular formula is C22H28ClIN4O3. The number of hydrogen-bond acceptors (Lipinski definition) is 4. The Morgan fingerprint density at radius 3 is 2.55 bits per heavy atom. The molecule has 1 heterocycles. The number of rotatable bonds is 8. The first-order chi connectivity index (χ1) is 14.6. The Hall–Kier alpha value is -1.81. The lowest BCUT2D eigenvalue weighted by Gasteiger charge is -2.17. The van der Waals surface area contributed by atoms with Crippen LogP contribution in [0.3, 0.4) is 0 Å². The van der Waals surface area contributed by atoms with Crippen molar-refractivity contribution in [3.05, 3.63) is 41.4 Å². The summed E-state index contributed by atoms with van der Waals surface area (Å²) in [5, 5.41) is 7.00. The monoisotopic (exact) mass is 558 g/mol. The highest BCUT2D eigenvalue weighted by molar-refractivity contribution is 14.0. The number of fused-ring (bicyclic) bond motifs is 5. The summed E-state index contributed by atoms with van der Waals surface area (Å²) in [5.41, 5.74) is 0. The van der Waals surface area contributed by atoms with Gasteiger partial charge in [-0.15, -0.1) is 24.0 Å². The van der Waals surface area contributed by atoms with E-state index >= 15 is 0 Å². The van der Waals surface area contributed by atoms with Gasteiger partial charge < -0.3 is 15.4 Å². The summed E-state index contributed by atoms with van der Waals surface area (Å²) >= 11 is 5.95. The van der Waals surface area contributed by atoms with Gasteiger partial charge in [0.15, 0.2) is 5.96 Å². The van der Waals surface area contributed by atoms with Crippen LogP contribution in [0, 0.1) is 23.7 Å². The standard InChI is InChI=1S/C22H27ClN4O3.HI/c1-2-24-22(26-9-11-30-17-5-3-4-16(23)13-17)25-8-10-27-20(28)18-14-6-7-15(12-14)19(18)21(27)29;/h3-7,13-15,18-19H,2,8-12H2,1H3,(H2,24,25,26);1H. The van der Waals surface area contributed by atoms with Crippen molar-refractivity contribution in [2.45, 2.75) is 13.3 Å². The van der Waals surface area contributed by atoms with Crippen molar-refractivity contribution in [3.63, 3.8) is 0 Å². The highest BCUT2D eigenvalue weighted by atomic mass is 127. The van der Waals surface area contributed by atoms with Gasteiger partial charge >= 0.3 is 0 Å². The van der Waals surface area contributed by atoms with Gasteiger partial charge in [-0.2, -0.15) is 0 Å². The Kier molecular flexibility index (Phi) is 8.21. The number of ether oxygens (including phenoxy) is 1. The molecule has 1 saturated heterocycles. The van der Waals surface area contributed by atoms with E-state index in [9.17, 15) is 9.59 Å². The fraction of sp³-hybridized carbons (Fsp3) is 0.500. The van der Waals surface area contributed by atoms with Crippen LogP contribution < -0.4 is 15.4 Å². The van der Waals surface area contributed by atoms with Crippen LogP contribution in [0.1, 0.15) is 13.3 Å². The maximum absolute atomic E-state index is 12.7. The van der Waals surface area contributed by atoms with Crippen molar-refractivity contribution < 1.29 is 14.3 Å². The van der Waals surface area contributed by atoms with Gasteiger partial charge in [0, 0.05) is 18.1 Å². The molecule has 0 aromatic heterocycles. The second kappa shape index (κ2) is 10.7. The molecule has 4 atom stereocenters. The predicted molar refractivity (Wildman–Crippen MR) is 131 cm³/mol. The van der Waals surface area contributed by atoms with Gasteiger partial charge in [0.25, 0.3) is 0 Å². The molecule has 2 bridgehead atoms. The number of benzene rings is 1. The van der Waals surface area contributed by atoms with Crippen molar-refractivity contribution in [2.24, 2.45) is 28.7 Å². The number of aliphatic imine (C=N–C) groups is 1. The first kappa shape index (κ1) is 23.8. The second-order valence-corrected chi connectivity index (χ2v) is 8.26. The molecule has 0 spiro atoms. The predicted octanol–water partition coefficient (Wildman–Crippen LogP) is 2.70. The van der Waals surface area contributed by atoms with E-state index in [1.807, 2.05) is 19.1 Å². The number of amides is 2. The SMILES string of the molecule is CCNC(=NCCN1C(=O)C2C3C=CC(C3)C2C1=O)NCCOc1cccc(Cl)c1.I. The van der Waals surface area contributed by atoms with E-state index in [4.69, 9.17) is 16.3 Å². The summed E-state index contributed by atoms with van der Waals surface area (Å²) < 4.78 is 5.66. The van der Waals surface area contributed by atoms with Gasteiger partial charge in [-0.3, -0.25) is 19.5 Å². The second-order valence-electron chi connectivity index (χ2n) is 7.82. The van der Waals surface area contributed by atoms with Gasteiger partial charge in [-0.25, -0.2) is 0 Å². The molecule has 1 aromatic rings. The van der Waals surface area contributed by atoms with Gasteiger partial charge in [-0.1, -0.05) is 29.8 Å². The summed E-state index contributed by atoms with van der Waals surface area (Å²) in [4.78, 5) is 31.4. The van der Waals surface area contributed by atoms with Gasteiger partial charge in [0.2, 0.25) is 11.8 Å². The molecule has 0 radical (unpaired) electrons. The number of guanidine groups is 1. The molecule has 7 nitrogen and oxygen atoms in total. The lowest BCUT2D eigenvalue weighted by atomic mass is 9.85. The lowest BCUT2D eigenvalue weighted by Crippen LogP contribution is -2.40. The summed E-state index contributed by atoms with van der Waals surface area (Å²) in [5.74, 6) is 1.49. The van der Waals surface area contributed by atoms with Crippen molar-refractivity contribution in [1.82, 2.24) is 15.5 Å². The first-order valence-electron chi connectivity index (χ1n) is 10.5. The normalized spacial score (nSPS) is 26.1. The van der Waals surface area contributed by atoms with Crippen LogP contribution in [0.25, 0.3) is 0 Å². The number of allylic oxidation sites excluding steroid dienone is 2. The average Bonchev–Trinajstić information content (AvgIpc) is 3.41. The van der Waals surface area contributed by atoms with Gasteiger partial charge in [0.1, 0.15) is 12.4 Å². The first-order valence-corrected chi connectivity index (χ1v) is 10.9. The van der Waals surface area contributed by atoms with Crippen molar-refractivity contribution >= 4 is 53.4 Å².